The zero-order chi connectivity index (χ0) is 19.9. The van der Waals surface area contributed by atoms with Crippen molar-refractivity contribution in [3.63, 3.8) is 0 Å². The molecule has 1 atom stereocenters. The lowest BCUT2D eigenvalue weighted by Gasteiger charge is -2.35. The van der Waals surface area contributed by atoms with Gasteiger partial charge in [-0.05, 0) is 49.9 Å². The molecular formula is C22H34N2O4. The highest BCUT2D eigenvalue weighted by Crippen LogP contribution is 2.38. The zero-order valence-corrected chi connectivity index (χ0v) is 17.5. The number of carbonyl (C=O) groups excluding carboxylic acids is 1. The zero-order valence-electron chi connectivity index (χ0n) is 17.5. The topological polar surface area (TPSA) is 51.2 Å². The van der Waals surface area contributed by atoms with Crippen LogP contribution in [0.5, 0.6) is 17.2 Å². The van der Waals surface area contributed by atoms with Gasteiger partial charge in [-0.2, -0.15) is 0 Å². The number of rotatable bonds is 6. The highest BCUT2D eigenvalue weighted by molar-refractivity contribution is 5.79. The van der Waals surface area contributed by atoms with E-state index in [2.05, 4.69) is 9.80 Å². The highest BCUT2D eigenvalue weighted by Gasteiger charge is 2.29. The fourth-order valence-electron chi connectivity index (χ4n) is 4.43. The molecule has 2 fully saturated rings. The SMILES string of the molecule is COc1cc(CN2CCC[C@@H](C(=O)N3CCCCCC3)C2)cc(OC)c1OC. The third kappa shape index (κ3) is 4.90. The van der Waals surface area contributed by atoms with Crippen LogP contribution in [0.15, 0.2) is 12.1 Å². The Balaban J connectivity index is 1.67. The van der Waals surface area contributed by atoms with Crippen LogP contribution < -0.4 is 14.2 Å². The van der Waals surface area contributed by atoms with Gasteiger partial charge in [0.2, 0.25) is 11.7 Å². The van der Waals surface area contributed by atoms with Gasteiger partial charge >= 0.3 is 0 Å². The first-order chi connectivity index (χ1) is 13.7. The van der Waals surface area contributed by atoms with Crippen molar-refractivity contribution in [1.82, 2.24) is 9.80 Å². The van der Waals surface area contributed by atoms with E-state index >= 15 is 0 Å². The second-order valence-electron chi connectivity index (χ2n) is 7.85. The summed E-state index contributed by atoms with van der Waals surface area (Å²) in [6.07, 6.45) is 6.86. The molecule has 0 N–H and O–H groups in total. The number of methoxy groups -OCH3 is 3. The molecule has 0 radical (unpaired) electrons. The molecule has 1 aromatic carbocycles. The van der Waals surface area contributed by atoms with Crippen LogP contribution in [-0.2, 0) is 11.3 Å². The van der Waals surface area contributed by atoms with Crippen LogP contribution in [0.4, 0.5) is 0 Å². The fourth-order valence-corrected chi connectivity index (χ4v) is 4.43. The third-order valence-electron chi connectivity index (χ3n) is 5.90. The van der Waals surface area contributed by atoms with Gasteiger partial charge in [0.1, 0.15) is 0 Å². The van der Waals surface area contributed by atoms with E-state index in [-0.39, 0.29) is 5.92 Å². The molecule has 2 aliphatic rings. The molecule has 2 saturated heterocycles. The van der Waals surface area contributed by atoms with E-state index < -0.39 is 0 Å². The Kier molecular flexibility index (Phi) is 7.43. The summed E-state index contributed by atoms with van der Waals surface area (Å²) in [7, 11) is 4.89. The quantitative estimate of drug-likeness (QED) is 0.746. The second kappa shape index (κ2) is 10.0. The summed E-state index contributed by atoms with van der Waals surface area (Å²) in [6.45, 7) is 4.48. The molecule has 0 saturated carbocycles. The Bertz CT molecular complexity index is 631. The van der Waals surface area contributed by atoms with Gasteiger partial charge in [0.25, 0.3) is 0 Å². The summed E-state index contributed by atoms with van der Waals surface area (Å²) in [6, 6.07) is 4.00. The van der Waals surface area contributed by atoms with E-state index in [4.69, 9.17) is 14.2 Å². The minimum atomic E-state index is 0.119. The fraction of sp³-hybridized carbons (Fsp3) is 0.682. The van der Waals surface area contributed by atoms with Crippen molar-refractivity contribution >= 4 is 5.91 Å². The molecule has 2 heterocycles. The van der Waals surface area contributed by atoms with Crippen LogP contribution in [0.2, 0.25) is 0 Å². The summed E-state index contributed by atoms with van der Waals surface area (Å²) < 4.78 is 16.4. The first-order valence-electron chi connectivity index (χ1n) is 10.5. The molecular weight excluding hydrogens is 356 g/mol. The number of hydrogen-bond acceptors (Lipinski definition) is 5. The van der Waals surface area contributed by atoms with Crippen LogP contribution in [0.1, 0.15) is 44.1 Å². The molecule has 3 rings (SSSR count). The largest absolute Gasteiger partial charge is 0.493 e. The summed E-state index contributed by atoms with van der Waals surface area (Å²) in [5.41, 5.74) is 1.11. The lowest BCUT2D eigenvalue weighted by Crippen LogP contribution is -2.44. The van der Waals surface area contributed by atoms with Gasteiger partial charge in [0.15, 0.2) is 11.5 Å². The summed E-state index contributed by atoms with van der Waals surface area (Å²) in [4.78, 5) is 17.5. The average Bonchev–Trinajstić information content (AvgIpc) is 3.02. The van der Waals surface area contributed by atoms with Gasteiger partial charge in [-0.25, -0.2) is 0 Å². The molecule has 1 amide bonds. The molecule has 28 heavy (non-hydrogen) atoms. The Hall–Kier alpha value is -1.95. The normalized spacial score (nSPS) is 21.1. The third-order valence-corrected chi connectivity index (χ3v) is 5.90. The van der Waals surface area contributed by atoms with Crippen molar-refractivity contribution in [2.24, 2.45) is 5.92 Å². The van der Waals surface area contributed by atoms with Crippen molar-refractivity contribution in [2.45, 2.75) is 45.1 Å². The number of nitrogens with zero attached hydrogens (tertiary/aromatic N) is 2. The van der Waals surface area contributed by atoms with Crippen molar-refractivity contribution in [2.75, 3.05) is 47.5 Å². The van der Waals surface area contributed by atoms with Gasteiger partial charge in [0.05, 0.1) is 27.2 Å². The van der Waals surface area contributed by atoms with Crippen LogP contribution in [0.3, 0.4) is 0 Å². The maximum Gasteiger partial charge on any atom is 0.226 e. The Morgan fingerprint density at radius 1 is 0.929 bits per heavy atom. The van der Waals surface area contributed by atoms with Crippen molar-refractivity contribution < 1.29 is 19.0 Å². The van der Waals surface area contributed by atoms with E-state index in [1.165, 1.54) is 12.8 Å². The van der Waals surface area contributed by atoms with Gasteiger partial charge < -0.3 is 19.1 Å². The molecule has 1 aromatic rings. The van der Waals surface area contributed by atoms with E-state index in [9.17, 15) is 4.79 Å². The number of amides is 1. The van der Waals surface area contributed by atoms with Crippen molar-refractivity contribution in [3.05, 3.63) is 17.7 Å². The number of piperidine rings is 1. The first-order valence-corrected chi connectivity index (χ1v) is 10.5. The highest BCUT2D eigenvalue weighted by atomic mass is 16.5. The van der Waals surface area contributed by atoms with Gasteiger partial charge in [-0.15, -0.1) is 0 Å². The molecule has 156 valence electrons. The molecule has 0 unspecified atom stereocenters. The summed E-state index contributed by atoms with van der Waals surface area (Å²) in [5.74, 6) is 2.43. The maximum atomic E-state index is 13.0. The lowest BCUT2D eigenvalue weighted by atomic mass is 9.95. The van der Waals surface area contributed by atoms with Gasteiger partial charge in [0, 0.05) is 26.2 Å². The van der Waals surface area contributed by atoms with Crippen LogP contribution in [0, 0.1) is 5.92 Å². The van der Waals surface area contributed by atoms with Gasteiger partial charge in [-0.3, -0.25) is 9.69 Å². The van der Waals surface area contributed by atoms with E-state index in [0.717, 1.165) is 64.0 Å². The van der Waals surface area contributed by atoms with Crippen molar-refractivity contribution in [1.29, 1.82) is 0 Å². The maximum absolute atomic E-state index is 13.0. The molecule has 2 aliphatic heterocycles. The molecule has 0 bridgehead atoms. The standard InChI is InChI=1S/C22H34N2O4/c1-26-19-13-17(14-20(27-2)21(19)28-3)15-23-10-8-9-18(16-23)22(25)24-11-6-4-5-7-12-24/h13-14,18H,4-12,15-16H2,1-3H3/t18-/m1/s1. The predicted molar refractivity (Wildman–Crippen MR) is 109 cm³/mol. The van der Waals surface area contributed by atoms with Crippen LogP contribution >= 0.6 is 0 Å². The molecule has 6 nitrogen and oxygen atoms in total. The van der Waals surface area contributed by atoms with E-state index in [0.29, 0.717) is 23.2 Å². The monoisotopic (exact) mass is 390 g/mol. The Morgan fingerprint density at radius 2 is 1.57 bits per heavy atom. The first kappa shape index (κ1) is 20.8. The summed E-state index contributed by atoms with van der Waals surface area (Å²) in [5, 5.41) is 0. The van der Waals surface area contributed by atoms with Gasteiger partial charge in [-0.1, -0.05) is 12.8 Å². The Labute approximate surface area is 168 Å². The van der Waals surface area contributed by atoms with Crippen LogP contribution in [-0.4, -0.2) is 63.2 Å². The summed E-state index contributed by atoms with van der Waals surface area (Å²) >= 11 is 0. The number of likely N-dealkylation sites (tertiary alicyclic amines) is 2. The number of carbonyl (C=O) groups is 1. The Morgan fingerprint density at radius 3 is 2.14 bits per heavy atom. The minimum absolute atomic E-state index is 0.119. The molecule has 0 spiro atoms. The average molecular weight is 391 g/mol. The number of ether oxygens (including phenoxy) is 3. The van der Waals surface area contributed by atoms with Crippen molar-refractivity contribution in [3.8, 4) is 17.2 Å². The lowest BCUT2D eigenvalue weighted by molar-refractivity contribution is -0.137. The number of benzene rings is 1. The predicted octanol–water partition coefficient (Wildman–Crippen LogP) is 3.33. The van der Waals surface area contributed by atoms with Crippen LogP contribution in [0.25, 0.3) is 0 Å². The second-order valence-corrected chi connectivity index (χ2v) is 7.85. The number of hydrogen-bond donors (Lipinski definition) is 0. The van der Waals surface area contributed by atoms with E-state index in [1.54, 1.807) is 21.3 Å². The molecule has 6 heteroatoms. The minimum Gasteiger partial charge on any atom is -0.493 e. The molecule has 0 aliphatic carbocycles. The van der Waals surface area contributed by atoms with E-state index in [1.807, 2.05) is 12.1 Å². The smallest absolute Gasteiger partial charge is 0.226 e. The molecule has 0 aromatic heterocycles.